The number of ketones is 1. The largest absolute Gasteiger partial charge is 0.497 e. The lowest BCUT2D eigenvalue weighted by molar-refractivity contribution is 0.0904. The van der Waals surface area contributed by atoms with Gasteiger partial charge in [0.1, 0.15) is 11.5 Å². The van der Waals surface area contributed by atoms with Gasteiger partial charge in [0.05, 0.1) is 20.8 Å². The van der Waals surface area contributed by atoms with E-state index >= 15 is 0 Å². The minimum atomic E-state index is -0.298. The molecule has 0 radical (unpaired) electrons. The van der Waals surface area contributed by atoms with Crippen LogP contribution in [0, 0.1) is 0 Å². The average molecular weight is 341 g/mol. The molecule has 5 heteroatoms. The van der Waals surface area contributed by atoms with Crippen molar-refractivity contribution in [1.82, 2.24) is 5.32 Å². The first-order valence-electron chi connectivity index (χ1n) is 8.09. The lowest BCUT2D eigenvalue weighted by Crippen LogP contribution is -2.29. The van der Waals surface area contributed by atoms with Crippen molar-refractivity contribution in [3.63, 3.8) is 0 Å². The van der Waals surface area contributed by atoms with E-state index in [-0.39, 0.29) is 24.2 Å². The number of benzene rings is 2. The molecule has 1 N–H and O–H groups in total. The monoisotopic (exact) mass is 341 g/mol. The van der Waals surface area contributed by atoms with Crippen LogP contribution in [0.3, 0.4) is 0 Å². The second kappa shape index (κ2) is 8.33. The van der Waals surface area contributed by atoms with Crippen LogP contribution in [0.25, 0.3) is 0 Å². The van der Waals surface area contributed by atoms with Gasteiger partial charge in [0.25, 0.3) is 5.91 Å². The molecule has 5 nitrogen and oxygen atoms in total. The first kappa shape index (κ1) is 18.5. The van der Waals surface area contributed by atoms with Crippen LogP contribution in [0.4, 0.5) is 0 Å². The Balaban J connectivity index is 2.04. The SMILES string of the molecule is COc1ccc(C(=O)NCC(=O)c2ccc(OC)c(C(C)C)c2)cc1. The fourth-order valence-electron chi connectivity index (χ4n) is 2.47. The van der Waals surface area contributed by atoms with Crippen molar-refractivity contribution in [3.8, 4) is 11.5 Å². The van der Waals surface area contributed by atoms with Crippen molar-refractivity contribution >= 4 is 11.7 Å². The number of hydrogen-bond acceptors (Lipinski definition) is 4. The van der Waals surface area contributed by atoms with Crippen LogP contribution in [0.5, 0.6) is 11.5 Å². The molecule has 0 saturated carbocycles. The molecule has 1 amide bonds. The van der Waals surface area contributed by atoms with E-state index in [0.717, 1.165) is 11.3 Å². The van der Waals surface area contributed by atoms with E-state index in [1.165, 1.54) is 0 Å². The second-order valence-electron chi connectivity index (χ2n) is 5.95. The lowest BCUT2D eigenvalue weighted by atomic mass is 9.98. The highest BCUT2D eigenvalue weighted by atomic mass is 16.5. The third kappa shape index (κ3) is 4.59. The van der Waals surface area contributed by atoms with E-state index < -0.39 is 0 Å². The van der Waals surface area contributed by atoms with Crippen LogP contribution in [0.2, 0.25) is 0 Å². The molecule has 25 heavy (non-hydrogen) atoms. The predicted molar refractivity (Wildman–Crippen MR) is 96.7 cm³/mol. The van der Waals surface area contributed by atoms with Gasteiger partial charge in [-0.1, -0.05) is 13.8 Å². The van der Waals surface area contributed by atoms with Gasteiger partial charge in [-0.15, -0.1) is 0 Å². The summed E-state index contributed by atoms with van der Waals surface area (Å²) in [6, 6.07) is 12.0. The Bertz CT molecular complexity index is 751. The normalized spacial score (nSPS) is 10.4. The molecule has 0 heterocycles. The summed E-state index contributed by atoms with van der Waals surface area (Å²) in [6.45, 7) is 4.02. The highest BCUT2D eigenvalue weighted by Crippen LogP contribution is 2.27. The molecule has 0 aliphatic carbocycles. The Morgan fingerprint density at radius 2 is 1.60 bits per heavy atom. The molecule has 0 saturated heterocycles. The summed E-state index contributed by atoms with van der Waals surface area (Å²) in [7, 11) is 3.17. The molecule has 132 valence electrons. The Hall–Kier alpha value is -2.82. The molecule has 2 aromatic carbocycles. The number of nitrogens with one attached hydrogen (secondary N) is 1. The number of carbonyl (C=O) groups is 2. The maximum absolute atomic E-state index is 12.4. The Morgan fingerprint density at radius 1 is 0.960 bits per heavy atom. The molecule has 0 aliphatic heterocycles. The number of Topliss-reactive ketones (excluding diaryl/α,β-unsaturated/α-hetero) is 1. The first-order valence-corrected chi connectivity index (χ1v) is 8.09. The van der Waals surface area contributed by atoms with Crippen molar-refractivity contribution in [1.29, 1.82) is 0 Å². The van der Waals surface area contributed by atoms with E-state index in [9.17, 15) is 9.59 Å². The van der Waals surface area contributed by atoms with Crippen LogP contribution in [0.1, 0.15) is 46.0 Å². The van der Waals surface area contributed by atoms with Gasteiger partial charge >= 0.3 is 0 Å². The Kier molecular flexibility index (Phi) is 6.17. The van der Waals surface area contributed by atoms with E-state index in [1.807, 2.05) is 19.9 Å². The molecule has 2 aromatic rings. The topological polar surface area (TPSA) is 64.6 Å². The van der Waals surface area contributed by atoms with Crippen molar-refractivity contribution in [2.75, 3.05) is 20.8 Å². The number of hydrogen-bond donors (Lipinski definition) is 1. The molecule has 0 aliphatic rings. The van der Waals surface area contributed by atoms with Gasteiger partial charge in [0, 0.05) is 11.1 Å². The van der Waals surface area contributed by atoms with Gasteiger partial charge in [-0.3, -0.25) is 9.59 Å². The fraction of sp³-hybridized carbons (Fsp3) is 0.300. The van der Waals surface area contributed by atoms with Gasteiger partial charge in [0.2, 0.25) is 0 Å². The average Bonchev–Trinajstić information content (AvgIpc) is 2.65. The summed E-state index contributed by atoms with van der Waals surface area (Å²) in [4.78, 5) is 24.5. The Labute approximate surface area is 148 Å². The van der Waals surface area contributed by atoms with Crippen molar-refractivity contribution in [2.24, 2.45) is 0 Å². The molecule has 0 fully saturated rings. The minimum absolute atomic E-state index is 0.0608. The third-order valence-electron chi connectivity index (χ3n) is 3.94. The summed E-state index contributed by atoms with van der Waals surface area (Å²) in [5.74, 6) is 1.22. The second-order valence-corrected chi connectivity index (χ2v) is 5.95. The van der Waals surface area contributed by atoms with Crippen molar-refractivity contribution in [2.45, 2.75) is 19.8 Å². The molecule has 0 unspecified atom stereocenters. The van der Waals surface area contributed by atoms with Crippen LogP contribution in [0.15, 0.2) is 42.5 Å². The van der Waals surface area contributed by atoms with E-state index in [2.05, 4.69) is 5.32 Å². The highest BCUT2D eigenvalue weighted by Gasteiger charge is 2.14. The number of amides is 1. The van der Waals surface area contributed by atoms with E-state index in [4.69, 9.17) is 9.47 Å². The van der Waals surface area contributed by atoms with Crippen molar-refractivity contribution in [3.05, 3.63) is 59.2 Å². The zero-order chi connectivity index (χ0) is 18.4. The van der Waals surface area contributed by atoms with Gasteiger partial charge in [-0.2, -0.15) is 0 Å². The molecule has 0 spiro atoms. The fourth-order valence-corrected chi connectivity index (χ4v) is 2.47. The predicted octanol–water partition coefficient (Wildman–Crippen LogP) is 3.44. The van der Waals surface area contributed by atoms with Crippen LogP contribution < -0.4 is 14.8 Å². The maximum atomic E-state index is 12.4. The number of rotatable bonds is 7. The smallest absolute Gasteiger partial charge is 0.251 e. The molecular formula is C20H23NO4. The Morgan fingerprint density at radius 3 is 2.16 bits per heavy atom. The van der Waals surface area contributed by atoms with Crippen LogP contribution >= 0.6 is 0 Å². The van der Waals surface area contributed by atoms with Gasteiger partial charge in [-0.25, -0.2) is 0 Å². The summed E-state index contributed by atoms with van der Waals surface area (Å²) in [5.41, 5.74) is 2.00. The zero-order valence-corrected chi connectivity index (χ0v) is 15.0. The third-order valence-corrected chi connectivity index (χ3v) is 3.94. The quantitative estimate of drug-likeness (QED) is 0.784. The van der Waals surface area contributed by atoms with Crippen LogP contribution in [-0.4, -0.2) is 32.5 Å². The van der Waals surface area contributed by atoms with Gasteiger partial charge in [0.15, 0.2) is 5.78 Å². The summed E-state index contributed by atoms with van der Waals surface area (Å²) >= 11 is 0. The molecule has 0 atom stereocenters. The lowest BCUT2D eigenvalue weighted by Gasteiger charge is -2.13. The zero-order valence-electron chi connectivity index (χ0n) is 15.0. The summed E-state index contributed by atoms with van der Waals surface area (Å²) < 4.78 is 10.4. The van der Waals surface area contributed by atoms with Crippen molar-refractivity contribution < 1.29 is 19.1 Å². The minimum Gasteiger partial charge on any atom is -0.497 e. The molecular weight excluding hydrogens is 318 g/mol. The highest BCUT2D eigenvalue weighted by molar-refractivity contribution is 6.02. The number of methoxy groups -OCH3 is 2. The standard InChI is InChI=1S/C20H23NO4/c1-13(2)17-11-15(7-10-19(17)25-4)18(22)12-21-20(23)14-5-8-16(24-3)9-6-14/h5-11,13H,12H2,1-4H3,(H,21,23). The van der Waals surface area contributed by atoms with Gasteiger partial charge in [-0.05, 0) is 53.9 Å². The van der Waals surface area contributed by atoms with E-state index in [0.29, 0.717) is 16.9 Å². The van der Waals surface area contributed by atoms with E-state index in [1.54, 1.807) is 50.6 Å². The number of carbonyl (C=O) groups excluding carboxylic acids is 2. The van der Waals surface area contributed by atoms with Gasteiger partial charge < -0.3 is 14.8 Å². The van der Waals surface area contributed by atoms with Crippen LogP contribution in [-0.2, 0) is 0 Å². The molecule has 2 rings (SSSR count). The number of ether oxygens (including phenoxy) is 2. The summed E-state index contributed by atoms with van der Waals surface area (Å²) in [6.07, 6.45) is 0. The molecule has 0 aromatic heterocycles. The molecule has 0 bridgehead atoms. The first-order chi connectivity index (χ1) is 12.0. The summed E-state index contributed by atoms with van der Waals surface area (Å²) in [5, 5.41) is 2.65. The maximum Gasteiger partial charge on any atom is 0.251 e.